The van der Waals surface area contributed by atoms with Crippen molar-refractivity contribution in [2.24, 2.45) is 5.10 Å². The van der Waals surface area contributed by atoms with Crippen LogP contribution in [0.3, 0.4) is 0 Å². The summed E-state index contributed by atoms with van der Waals surface area (Å²) in [5, 5.41) is 6.42. The fourth-order valence-corrected chi connectivity index (χ4v) is 4.24. The van der Waals surface area contributed by atoms with Crippen molar-refractivity contribution in [3.63, 3.8) is 0 Å². The van der Waals surface area contributed by atoms with Crippen LogP contribution in [0.5, 0.6) is 5.75 Å². The maximum absolute atomic E-state index is 13.3. The molecule has 2 aromatic rings. The van der Waals surface area contributed by atoms with Gasteiger partial charge in [0.2, 0.25) is 5.91 Å². The number of quaternary nitrogens is 1. The van der Waals surface area contributed by atoms with E-state index in [9.17, 15) is 9.59 Å². The van der Waals surface area contributed by atoms with Crippen molar-refractivity contribution >= 4 is 17.5 Å². The molecule has 2 amide bonds. The average Bonchev–Trinajstić information content (AvgIpc) is 3.26. The Balaban J connectivity index is 1.52. The SMILES string of the molecule is COc1ccc([C@@H]2CC(c3ccccc3)=NN2C(=O)C[NH+]2CCN(C(C)=O)CC2)cc1. The molecule has 1 N–H and O–H groups in total. The van der Waals surface area contributed by atoms with Gasteiger partial charge < -0.3 is 14.5 Å². The molecule has 0 aromatic heterocycles. The van der Waals surface area contributed by atoms with Crippen LogP contribution in [0.2, 0.25) is 0 Å². The van der Waals surface area contributed by atoms with Crippen LogP contribution >= 0.6 is 0 Å². The average molecular weight is 422 g/mol. The summed E-state index contributed by atoms with van der Waals surface area (Å²) in [6, 6.07) is 17.7. The molecule has 7 nitrogen and oxygen atoms in total. The molecule has 7 heteroatoms. The molecule has 162 valence electrons. The molecule has 0 aliphatic carbocycles. The van der Waals surface area contributed by atoms with Crippen LogP contribution in [0.15, 0.2) is 59.7 Å². The lowest BCUT2D eigenvalue weighted by atomic mass is 9.98. The number of piperazine rings is 1. The van der Waals surface area contributed by atoms with Crippen LogP contribution in [0, 0.1) is 0 Å². The number of methoxy groups -OCH3 is 1. The zero-order valence-corrected chi connectivity index (χ0v) is 18.1. The second-order valence-corrected chi connectivity index (χ2v) is 8.08. The first-order valence-electron chi connectivity index (χ1n) is 10.7. The van der Waals surface area contributed by atoms with Crippen LogP contribution < -0.4 is 9.64 Å². The van der Waals surface area contributed by atoms with E-state index in [0.29, 0.717) is 26.1 Å². The molecule has 31 heavy (non-hydrogen) atoms. The van der Waals surface area contributed by atoms with Gasteiger partial charge in [-0.15, -0.1) is 0 Å². The number of hydrogen-bond acceptors (Lipinski definition) is 4. The van der Waals surface area contributed by atoms with Crippen molar-refractivity contribution in [3.8, 4) is 5.75 Å². The van der Waals surface area contributed by atoms with Crippen LogP contribution in [0.4, 0.5) is 0 Å². The van der Waals surface area contributed by atoms with Crippen LogP contribution in [0.1, 0.15) is 30.5 Å². The third-order valence-electron chi connectivity index (χ3n) is 6.09. The lowest BCUT2D eigenvalue weighted by Crippen LogP contribution is -3.15. The predicted molar refractivity (Wildman–Crippen MR) is 118 cm³/mol. The highest BCUT2D eigenvalue weighted by atomic mass is 16.5. The number of hydrogen-bond donors (Lipinski definition) is 1. The van der Waals surface area contributed by atoms with Gasteiger partial charge >= 0.3 is 0 Å². The van der Waals surface area contributed by atoms with E-state index in [4.69, 9.17) is 9.84 Å². The maximum Gasteiger partial charge on any atom is 0.298 e. The Morgan fingerprint density at radius 2 is 1.74 bits per heavy atom. The number of carbonyl (C=O) groups excluding carboxylic acids is 2. The Labute approximate surface area is 182 Å². The van der Waals surface area contributed by atoms with Gasteiger partial charge in [-0.05, 0) is 23.3 Å². The zero-order chi connectivity index (χ0) is 21.8. The third-order valence-corrected chi connectivity index (χ3v) is 6.09. The zero-order valence-electron chi connectivity index (χ0n) is 18.1. The Morgan fingerprint density at radius 3 is 2.35 bits per heavy atom. The lowest BCUT2D eigenvalue weighted by molar-refractivity contribution is -0.896. The van der Waals surface area contributed by atoms with Crippen molar-refractivity contribution in [2.75, 3.05) is 39.8 Å². The largest absolute Gasteiger partial charge is 0.497 e. The van der Waals surface area contributed by atoms with Gasteiger partial charge in [-0.2, -0.15) is 5.10 Å². The van der Waals surface area contributed by atoms with Gasteiger partial charge in [-0.1, -0.05) is 42.5 Å². The van der Waals surface area contributed by atoms with Crippen molar-refractivity contribution in [1.29, 1.82) is 0 Å². The van der Waals surface area contributed by atoms with E-state index in [1.54, 1.807) is 19.0 Å². The maximum atomic E-state index is 13.3. The van der Waals surface area contributed by atoms with Gasteiger partial charge in [0.15, 0.2) is 6.54 Å². The summed E-state index contributed by atoms with van der Waals surface area (Å²) in [5.74, 6) is 0.899. The number of ether oxygens (including phenoxy) is 1. The molecule has 0 radical (unpaired) electrons. The van der Waals surface area contributed by atoms with Crippen LogP contribution in [-0.4, -0.2) is 67.3 Å². The fourth-order valence-electron chi connectivity index (χ4n) is 4.24. The minimum Gasteiger partial charge on any atom is -0.497 e. The van der Waals surface area contributed by atoms with Gasteiger partial charge in [0, 0.05) is 13.3 Å². The topological polar surface area (TPSA) is 66.7 Å². The number of benzene rings is 2. The van der Waals surface area contributed by atoms with Gasteiger partial charge in [0.25, 0.3) is 5.91 Å². The summed E-state index contributed by atoms with van der Waals surface area (Å²) in [5.41, 5.74) is 3.00. The molecule has 1 atom stereocenters. The van der Waals surface area contributed by atoms with E-state index in [1.165, 1.54) is 4.90 Å². The van der Waals surface area contributed by atoms with Crippen molar-refractivity contribution in [2.45, 2.75) is 19.4 Å². The second kappa shape index (κ2) is 9.31. The Morgan fingerprint density at radius 1 is 1.06 bits per heavy atom. The molecular weight excluding hydrogens is 392 g/mol. The lowest BCUT2D eigenvalue weighted by Gasteiger charge is -2.32. The van der Waals surface area contributed by atoms with E-state index in [0.717, 1.165) is 35.7 Å². The molecular formula is C24H29N4O3+. The molecule has 0 saturated carbocycles. The Kier molecular flexibility index (Phi) is 6.32. The molecule has 1 saturated heterocycles. The Hall–Kier alpha value is -3.19. The highest BCUT2D eigenvalue weighted by molar-refractivity contribution is 6.03. The highest BCUT2D eigenvalue weighted by Crippen LogP contribution is 2.33. The first kappa shape index (κ1) is 21.1. The molecule has 1 fully saturated rings. The minimum atomic E-state index is -0.133. The molecule has 2 aliphatic heterocycles. The number of nitrogens with zero attached hydrogens (tertiary/aromatic N) is 3. The van der Waals surface area contributed by atoms with Gasteiger partial charge in [-0.25, -0.2) is 5.01 Å². The number of hydrazone groups is 1. The van der Waals surface area contributed by atoms with E-state index >= 15 is 0 Å². The summed E-state index contributed by atoms with van der Waals surface area (Å²) in [7, 11) is 1.64. The standard InChI is InChI=1S/C24H28N4O3/c1-18(29)27-14-12-26(13-15-27)17-24(30)28-23(20-8-10-21(31-2)11-9-20)16-22(25-28)19-6-4-3-5-7-19/h3-11,23H,12-17H2,1-2H3/p+1/t23-/m0/s1. The van der Waals surface area contributed by atoms with Crippen molar-refractivity contribution in [3.05, 3.63) is 65.7 Å². The second-order valence-electron chi connectivity index (χ2n) is 8.08. The van der Waals surface area contributed by atoms with E-state index in [1.807, 2.05) is 59.5 Å². The predicted octanol–water partition coefficient (Wildman–Crippen LogP) is 1.12. The quantitative estimate of drug-likeness (QED) is 0.787. The van der Waals surface area contributed by atoms with Crippen LogP contribution in [-0.2, 0) is 9.59 Å². The van der Waals surface area contributed by atoms with Gasteiger partial charge in [0.05, 0.1) is 45.0 Å². The first-order valence-corrected chi connectivity index (χ1v) is 10.7. The van der Waals surface area contributed by atoms with E-state index < -0.39 is 0 Å². The summed E-state index contributed by atoms with van der Waals surface area (Å²) < 4.78 is 5.28. The third kappa shape index (κ3) is 4.77. The molecule has 0 spiro atoms. The molecule has 0 unspecified atom stereocenters. The smallest absolute Gasteiger partial charge is 0.298 e. The molecule has 2 aliphatic rings. The molecule has 2 heterocycles. The summed E-state index contributed by atoms with van der Waals surface area (Å²) in [6.45, 7) is 4.92. The van der Waals surface area contributed by atoms with Crippen molar-refractivity contribution in [1.82, 2.24) is 9.91 Å². The molecule has 2 aromatic carbocycles. The first-order chi connectivity index (χ1) is 15.0. The number of rotatable bonds is 5. The molecule has 4 rings (SSSR count). The van der Waals surface area contributed by atoms with E-state index in [2.05, 4.69) is 0 Å². The minimum absolute atomic E-state index is 0.0121. The molecule has 0 bridgehead atoms. The normalized spacial score (nSPS) is 19.3. The van der Waals surface area contributed by atoms with Crippen LogP contribution in [0.25, 0.3) is 0 Å². The summed E-state index contributed by atoms with van der Waals surface area (Å²) in [6.07, 6.45) is 0.676. The van der Waals surface area contributed by atoms with E-state index in [-0.39, 0.29) is 17.9 Å². The number of amides is 2. The van der Waals surface area contributed by atoms with Crippen molar-refractivity contribution < 1.29 is 19.2 Å². The number of carbonyl (C=O) groups is 2. The fraction of sp³-hybridized carbons (Fsp3) is 0.375. The summed E-state index contributed by atoms with van der Waals surface area (Å²) in [4.78, 5) is 27.9. The number of nitrogens with one attached hydrogen (secondary N) is 1. The van der Waals surface area contributed by atoms with Gasteiger partial charge in [0.1, 0.15) is 5.75 Å². The monoisotopic (exact) mass is 421 g/mol. The summed E-state index contributed by atoms with van der Waals surface area (Å²) >= 11 is 0. The highest BCUT2D eigenvalue weighted by Gasteiger charge is 2.35. The Bertz CT molecular complexity index is 951. The van der Waals surface area contributed by atoms with Gasteiger partial charge in [-0.3, -0.25) is 9.59 Å².